The minimum atomic E-state index is -0.603. The highest BCUT2D eigenvalue weighted by molar-refractivity contribution is 6.06. The van der Waals surface area contributed by atoms with Crippen LogP contribution in [-0.4, -0.2) is 45.9 Å². The van der Waals surface area contributed by atoms with Crippen molar-refractivity contribution in [3.05, 3.63) is 12.2 Å². The molecule has 2 saturated heterocycles. The average Bonchev–Trinajstić information content (AvgIpc) is 2.89. The molecule has 7 atom stereocenters. The molecule has 1 saturated carbocycles. The Kier molecular flexibility index (Phi) is 4.32. The second-order valence-corrected chi connectivity index (χ2v) is 8.55. The van der Waals surface area contributed by atoms with Gasteiger partial charge in [-0.3, -0.25) is 14.5 Å². The number of amides is 4. The molecule has 0 aromatic rings. The molecule has 4 amide bonds. The minimum Gasteiger partial charge on any atom is -0.319 e. The fourth-order valence-electron chi connectivity index (χ4n) is 5.62. The number of piperidine rings is 1. The Balaban J connectivity index is 1.48. The van der Waals surface area contributed by atoms with Crippen LogP contribution in [0.2, 0.25) is 0 Å². The van der Waals surface area contributed by atoms with E-state index in [2.05, 4.69) is 31.3 Å². The summed E-state index contributed by atoms with van der Waals surface area (Å²) in [5, 5.41) is 2.92. The van der Waals surface area contributed by atoms with Crippen molar-refractivity contribution in [1.29, 1.82) is 0 Å². The van der Waals surface area contributed by atoms with Crippen molar-refractivity contribution in [1.82, 2.24) is 15.1 Å². The van der Waals surface area contributed by atoms with Gasteiger partial charge in [-0.1, -0.05) is 12.2 Å². The van der Waals surface area contributed by atoms with Crippen molar-refractivity contribution < 1.29 is 14.4 Å². The highest BCUT2D eigenvalue weighted by atomic mass is 16.2. The van der Waals surface area contributed by atoms with Crippen LogP contribution < -0.4 is 5.32 Å². The van der Waals surface area contributed by atoms with Gasteiger partial charge in [0.05, 0.1) is 11.8 Å². The molecule has 2 aliphatic heterocycles. The molecule has 142 valence electrons. The lowest BCUT2D eigenvalue weighted by molar-refractivity contribution is -0.142. The maximum absolute atomic E-state index is 13.0. The summed E-state index contributed by atoms with van der Waals surface area (Å²) in [6.07, 6.45) is 8.71. The van der Waals surface area contributed by atoms with Crippen LogP contribution in [0.4, 0.5) is 4.79 Å². The summed E-state index contributed by atoms with van der Waals surface area (Å²) < 4.78 is 0. The average molecular weight is 359 g/mol. The monoisotopic (exact) mass is 359 g/mol. The van der Waals surface area contributed by atoms with Crippen LogP contribution >= 0.6 is 0 Å². The molecular weight excluding hydrogens is 330 g/mol. The van der Waals surface area contributed by atoms with E-state index in [1.165, 1.54) is 4.90 Å². The number of carbonyl (C=O) groups excluding carboxylic acids is 3. The molecule has 5 rings (SSSR count). The van der Waals surface area contributed by atoms with Crippen LogP contribution in [0.15, 0.2) is 12.2 Å². The maximum atomic E-state index is 13.0. The SMILES string of the molecule is C[C@H](NC(=O)N1[C@H](C)CCC[C@H]1C)N1C(=O)[C@@H]2[C@H](C1=O)[C@H]1C=C[C@H]2CC1. The zero-order valence-corrected chi connectivity index (χ0v) is 15.9. The van der Waals surface area contributed by atoms with Crippen LogP contribution in [0.5, 0.6) is 0 Å². The van der Waals surface area contributed by atoms with E-state index in [9.17, 15) is 14.4 Å². The summed E-state index contributed by atoms with van der Waals surface area (Å²) >= 11 is 0. The molecule has 1 N–H and O–H groups in total. The molecule has 6 heteroatoms. The predicted octanol–water partition coefficient (Wildman–Crippen LogP) is 2.50. The van der Waals surface area contributed by atoms with Gasteiger partial charge in [-0.05, 0) is 64.7 Å². The number of nitrogens with zero attached hydrogens (tertiary/aromatic N) is 2. The molecular formula is C20H29N3O3. The summed E-state index contributed by atoms with van der Waals surface area (Å²) in [6, 6.07) is 0.186. The largest absolute Gasteiger partial charge is 0.319 e. The van der Waals surface area contributed by atoms with Gasteiger partial charge in [-0.25, -0.2) is 4.79 Å². The van der Waals surface area contributed by atoms with E-state index >= 15 is 0 Å². The van der Waals surface area contributed by atoms with Crippen molar-refractivity contribution >= 4 is 17.8 Å². The number of imide groups is 1. The number of likely N-dealkylation sites (tertiary alicyclic amines) is 2. The van der Waals surface area contributed by atoms with Crippen molar-refractivity contribution in [2.75, 3.05) is 0 Å². The lowest BCUT2D eigenvalue weighted by atomic mass is 9.63. The summed E-state index contributed by atoms with van der Waals surface area (Å²) in [5.41, 5.74) is 0. The highest BCUT2D eigenvalue weighted by Crippen LogP contribution is 2.49. The standard InChI is InChI=1S/C20H29N3O3/c1-11-5-4-6-12(2)22(11)20(26)21-13(3)23-18(24)16-14-7-8-15(10-9-14)17(16)19(23)25/h7-8,11-17H,4-6,9-10H2,1-3H3,(H,21,26)/t11-,12-,13-,14+,15+,16-,17+/m1/s1. The Morgan fingerprint density at radius 2 is 1.50 bits per heavy atom. The van der Waals surface area contributed by atoms with Crippen molar-refractivity contribution in [3.63, 3.8) is 0 Å². The van der Waals surface area contributed by atoms with E-state index < -0.39 is 6.17 Å². The molecule has 0 aromatic carbocycles. The van der Waals surface area contributed by atoms with E-state index in [1.54, 1.807) is 6.92 Å². The van der Waals surface area contributed by atoms with Crippen molar-refractivity contribution in [2.45, 2.75) is 71.1 Å². The molecule has 0 unspecified atom stereocenters. The molecule has 2 heterocycles. The second-order valence-electron chi connectivity index (χ2n) is 8.55. The number of nitrogens with one attached hydrogen (secondary N) is 1. The molecule has 26 heavy (non-hydrogen) atoms. The van der Waals surface area contributed by atoms with E-state index in [0.29, 0.717) is 0 Å². The van der Waals surface area contributed by atoms with Gasteiger partial charge in [0, 0.05) is 12.1 Å². The first-order chi connectivity index (χ1) is 12.4. The van der Waals surface area contributed by atoms with E-state index in [1.807, 2.05) is 4.90 Å². The van der Waals surface area contributed by atoms with Gasteiger partial charge < -0.3 is 10.2 Å². The van der Waals surface area contributed by atoms with Crippen LogP contribution in [0, 0.1) is 23.7 Å². The van der Waals surface area contributed by atoms with Crippen LogP contribution in [-0.2, 0) is 9.59 Å². The first kappa shape index (κ1) is 17.6. The van der Waals surface area contributed by atoms with Crippen LogP contribution in [0.25, 0.3) is 0 Å². The van der Waals surface area contributed by atoms with Gasteiger partial charge in [-0.2, -0.15) is 0 Å². The van der Waals surface area contributed by atoms with Crippen LogP contribution in [0.1, 0.15) is 52.9 Å². The Morgan fingerprint density at radius 3 is 1.96 bits per heavy atom. The third-order valence-corrected chi connectivity index (χ3v) is 6.94. The van der Waals surface area contributed by atoms with Gasteiger partial charge in [0.15, 0.2) is 0 Å². The summed E-state index contributed by atoms with van der Waals surface area (Å²) in [6.45, 7) is 5.87. The third-order valence-electron chi connectivity index (χ3n) is 6.94. The number of carbonyl (C=O) groups is 3. The second kappa shape index (κ2) is 6.39. The zero-order valence-electron chi connectivity index (χ0n) is 15.9. The lowest BCUT2D eigenvalue weighted by Crippen LogP contribution is -2.57. The van der Waals surface area contributed by atoms with Gasteiger partial charge in [0.25, 0.3) is 0 Å². The fourth-order valence-corrected chi connectivity index (χ4v) is 5.62. The van der Waals surface area contributed by atoms with Crippen molar-refractivity contribution in [2.24, 2.45) is 23.7 Å². The normalized spacial score (nSPS) is 40.0. The molecule has 0 aromatic heterocycles. The lowest BCUT2D eigenvalue weighted by Gasteiger charge is -2.40. The number of fused-ring (bicyclic) bond motifs is 1. The Hall–Kier alpha value is -1.85. The van der Waals surface area contributed by atoms with E-state index in [-0.39, 0.29) is 53.6 Å². The first-order valence-corrected chi connectivity index (χ1v) is 10.0. The van der Waals surface area contributed by atoms with E-state index in [4.69, 9.17) is 0 Å². The quantitative estimate of drug-likeness (QED) is 0.608. The Labute approximate surface area is 155 Å². The third kappa shape index (κ3) is 2.57. The van der Waals surface area contributed by atoms with Gasteiger partial charge in [0.2, 0.25) is 11.8 Å². The van der Waals surface area contributed by atoms with Gasteiger partial charge in [-0.15, -0.1) is 0 Å². The van der Waals surface area contributed by atoms with Gasteiger partial charge in [0.1, 0.15) is 6.17 Å². The summed E-state index contributed by atoms with van der Waals surface area (Å²) in [4.78, 5) is 41.9. The number of hydrogen-bond acceptors (Lipinski definition) is 3. The zero-order chi connectivity index (χ0) is 18.6. The number of urea groups is 1. The summed E-state index contributed by atoms with van der Waals surface area (Å²) in [5.74, 6) is -0.303. The minimum absolute atomic E-state index is 0.105. The van der Waals surface area contributed by atoms with E-state index in [0.717, 1.165) is 32.1 Å². The topological polar surface area (TPSA) is 69.7 Å². The van der Waals surface area contributed by atoms with Gasteiger partial charge >= 0.3 is 6.03 Å². The first-order valence-electron chi connectivity index (χ1n) is 10.0. The number of hydrogen-bond donors (Lipinski definition) is 1. The molecule has 0 spiro atoms. The van der Waals surface area contributed by atoms with Crippen molar-refractivity contribution in [3.8, 4) is 0 Å². The number of allylic oxidation sites excluding steroid dienone is 2. The maximum Gasteiger partial charge on any atom is 0.319 e. The predicted molar refractivity (Wildman–Crippen MR) is 96.8 cm³/mol. The molecule has 2 bridgehead atoms. The molecule has 6 nitrogen and oxygen atoms in total. The fraction of sp³-hybridized carbons (Fsp3) is 0.750. The molecule has 3 aliphatic carbocycles. The smallest absolute Gasteiger partial charge is 0.319 e. The number of rotatable bonds is 2. The Bertz CT molecular complexity index is 619. The highest BCUT2D eigenvalue weighted by Gasteiger charge is 2.57. The van der Waals surface area contributed by atoms with Crippen LogP contribution in [0.3, 0.4) is 0 Å². The molecule has 0 radical (unpaired) electrons. The molecule has 5 aliphatic rings. The molecule has 3 fully saturated rings. The summed E-state index contributed by atoms with van der Waals surface area (Å²) in [7, 11) is 0. The Morgan fingerprint density at radius 1 is 1.00 bits per heavy atom.